The Morgan fingerprint density at radius 3 is 1.66 bits per heavy atom. The van der Waals surface area contributed by atoms with Gasteiger partial charge in [0.05, 0.1) is 37.3 Å². The number of amides is 4. The topological polar surface area (TPSA) is 158 Å². The number of H-pyrrole nitrogens is 1. The number of alkyl carbamates (subject to hydrolysis) is 2. The number of aromatic nitrogens is 2. The number of hydrogen-bond donors (Lipinski definition) is 3. The maximum Gasteiger partial charge on any atom is 0.407 e. The number of carbonyl (C=O) groups excluding carboxylic acids is 4. The molecule has 0 spiro atoms. The number of nitrogens with one attached hydrogen (secondary N) is 3. The van der Waals surface area contributed by atoms with Gasteiger partial charge >= 0.3 is 12.2 Å². The van der Waals surface area contributed by atoms with E-state index in [1.165, 1.54) is 14.2 Å². The lowest BCUT2D eigenvalue weighted by atomic mass is 9.94. The number of fused-ring (bicyclic) bond motifs is 1. The van der Waals surface area contributed by atoms with Gasteiger partial charge in [0.2, 0.25) is 11.8 Å². The van der Waals surface area contributed by atoms with Crippen LogP contribution in [0.1, 0.15) is 85.2 Å². The Balaban J connectivity index is 1.02. The first-order chi connectivity index (χ1) is 29.1. The number of aliphatic imine (C=N–C) groups is 1. The third-order valence-electron chi connectivity index (χ3n) is 12.5. The van der Waals surface area contributed by atoms with E-state index in [4.69, 9.17) is 19.5 Å². The van der Waals surface area contributed by atoms with Crippen LogP contribution in [0.15, 0.2) is 77.4 Å². The molecule has 322 valence electrons. The van der Waals surface area contributed by atoms with Gasteiger partial charge < -0.3 is 34.9 Å². The minimum Gasteiger partial charge on any atom is -0.453 e. The van der Waals surface area contributed by atoms with Crippen LogP contribution in [0, 0.1) is 23.7 Å². The van der Waals surface area contributed by atoms with Gasteiger partial charge in [-0.3, -0.25) is 14.6 Å². The van der Waals surface area contributed by atoms with Crippen molar-refractivity contribution >= 4 is 46.3 Å². The molecule has 0 saturated carbocycles. The van der Waals surface area contributed by atoms with Crippen molar-refractivity contribution in [1.82, 2.24) is 30.4 Å². The molecule has 3 N–H and O–H groups in total. The van der Waals surface area contributed by atoms with Crippen molar-refractivity contribution in [3.63, 3.8) is 0 Å². The second-order valence-electron chi connectivity index (χ2n) is 17.8. The zero-order valence-electron chi connectivity index (χ0n) is 36.7. The molecule has 4 amide bonds. The molecule has 3 aromatic carbocycles. The number of hydrogen-bond acceptors (Lipinski definition) is 8. The highest BCUT2D eigenvalue weighted by atomic mass is 16.5. The Morgan fingerprint density at radius 2 is 1.15 bits per heavy atom. The Labute approximate surface area is 358 Å². The monoisotopic (exact) mass is 829 g/mol. The second-order valence-corrected chi connectivity index (χ2v) is 17.8. The average molecular weight is 830 g/mol. The fraction of sp³-hybridized carbons (Fsp3) is 0.458. The predicted octanol–water partition coefficient (Wildman–Crippen LogP) is 8.38. The average Bonchev–Trinajstić information content (AvgIpc) is 4.05. The van der Waals surface area contributed by atoms with Crippen LogP contribution in [-0.4, -0.2) is 94.9 Å². The highest BCUT2D eigenvalue weighted by molar-refractivity contribution is 6.05. The van der Waals surface area contributed by atoms with Gasteiger partial charge in [0.15, 0.2) is 0 Å². The molecule has 13 nitrogen and oxygen atoms in total. The normalized spacial score (nSPS) is 21.3. The largest absolute Gasteiger partial charge is 0.453 e. The fourth-order valence-corrected chi connectivity index (χ4v) is 9.13. The number of likely N-dealkylation sites (tertiary alicyclic amines) is 2. The van der Waals surface area contributed by atoms with E-state index in [1.54, 1.807) is 0 Å². The molecular weight excluding hydrogens is 771 g/mol. The van der Waals surface area contributed by atoms with E-state index in [2.05, 4.69) is 90.1 Å². The first-order valence-electron chi connectivity index (χ1n) is 21.4. The molecule has 3 aliphatic rings. The number of imidazole rings is 1. The molecule has 1 aromatic heterocycles. The molecule has 2 fully saturated rings. The summed E-state index contributed by atoms with van der Waals surface area (Å²) in [5.74, 6) is 0.894. The van der Waals surface area contributed by atoms with E-state index in [9.17, 15) is 19.2 Å². The van der Waals surface area contributed by atoms with Crippen molar-refractivity contribution in [2.24, 2.45) is 28.7 Å². The van der Waals surface area contributed by atoms with E-state index in [1.807, 2.05) is 50.5 Å². The van der Waals surface area contributed by atoms with Gasteiger partial charge in [-0.2, -0.15) is 0 Å². The molecule has 0 unspecified atom stereocenters. The lowest BCUT2D eigenvalue weighted by Gasteiger charge is -2.31. The Kier molecular flexibility index (Phi) is 12.7. The molecule has 6 atom stereocenters. The number of ether oxygens (including phenoxy) is 2. The molecule has 61 heavy (non-hydrogen) atoms. The molecule has 0 radical (unpaired) electrons. The summed E-state index contributed by atoms with van der Waals surface area (Å²) in [6.07, 6.45) is 1.04. The standard InChI is InChI=1S/C48H59N7O6/c1-26(2)42(52-47(58)60-8)45(56)54-24-28(5)20-40(54)39-23-36(30(7)49-39)34-16-14-32(15-17-34)31-10-12-33(13-11-31)35-18-19-37-38(22-35)51-44(50-37)41-21-29(6)25-55(41)46(57)43(27(3)4)53-48(59)61-9/h10-19,22,26-29,40-43H,20-21,23-25H2,1-9H3,(H,50,51)(H,52,58)(H,53,59)/t28-,29-,40-,41-,42-,43-/m0/s1. The van der Waals surface area contributed by atoms with Crippen LogP contribution in [0.5, 0.6) is 0 Å². The minimum absolute atomic E-state index is 0.0959. The summed E-state index contributed by atoms with van der Waals surface area (Å²) in [6.45, 7) is 15.2. The summed E-state index contributed by atoms with van der Waals surface area (Å²) in [7, 11) is 2.60. The molecule has 3 aliphatic heterocycles. The summed E-state index contributed by atoms with van der Waals surface area (Å²) in [5, 5.41) is 5.47. The van der Waals surface area contributed by atoms with Crippen molar-refractivity contribution in [3.8, 4) is 22.3 Å². The third kappa shape index (κ3) is 9.06. The van der Waals surface area contributed by atoms with Crippen LogP contribution in [0.25, 0.3) is 38.9 Å². The van der Waals surface area contributed by atoms with Crippen molar-refractivity contribution in [2.45, 2.75) is 91.9 Å². The van der Waals surface area contributed by atoms with Crippen molar-refractivity contribution in [3.05, 3.63) is 83.8 Å². The quantitative estimate of drug-likeness (QED) is 0.137. The second kappa shape index (κ2) is 17.9. The zero-order valence-corrected chi connectivity index (χ0v) is 36.7. The summed E-state index contributed by atoms with van der Waals surface area (Å²) >= 11 is 0. The Bertz CT molecular complexity index is 2350. The smallest absolute Gasteiger partial charge is 0.407 e. The van der Waals surface area contributed by atoms with E-state index in [-0.39, 0.29) is 41.7 Å². The van der Waals surface area contributed by atoms with Gasteiger partial charge in [0, 0.05) is 30.9 Å². The Hall–Kier alpha value is -5.98. The van der Waals surface area contributed by atoms with Crippen LogP contribution in [0.4, 0.5) is 9.59 Å². The van der Waals surface area contributed by atoms with Crippen LogP contribution in [-0.2, 0) is 19.1 Å². The van der Waals surface area contributed by atoms with Gasteiger partial charge in [-0.1, -0.05) is 96.1 Å². The SMILES string of the molecule is COC(=O)N[C@H](C(=O)N1C[C@@H](C)C[C@H]1C1=NC(C)=C(c2ccc(-c3ccc(-c4ccc5nc([C@@H]6C[C@H](C)CN6C(=O)[C@@H](NC(=O)OC)C(C)C)[nH]c5c4)cc3)cc2)C1)C(C)C. The van der Waals surface area contributed by atoms with Crippen LogP contribution >= 0.6 is 0 Å². The lowest BCUT2D eigenvalue weighted by Crippen LogP contribution is -2.53. The number of benzene rings is 3. The van der Waals surface area contributed by atoms with Gasteiger partial charge in [-0.15, -0.1) is 0 Å². The molecule has 0 bridgehead atoms. The maximum atomic E-state index is 13.8. The van der Waals surface area contributed by atoms with E-state index in [0.717, 1.165) is 74.5 Å². The third-order valence-corrected chi connectivity index (χ3v) is 12.5. The van der Waals surface area contributed by atoms with Crippen molar-refractivity contribution in [1.29, 1.82) is 0 Å². The van der Waals surface area contributed by atoms with Crippen molar-refractivity contribution < 1.29 is 28.7 Å². The lowest BCUT2D eigenvalue weighted by molar-refractivity contribution is -0.136. The molecule has 13 heteroatoms. The van der Waals surface area contributed by atoms with E-state index in [0.29, 0.717) is 25.4 Å². The summed E-state index contributed by atoms with van der Waals surface area (Å²) in [4.78, 5) is 69.0. The van der Waals surface area contributed by atoms with Crippen LogP contribution in [0.3, 0.4) is 0 Å². The highest BCUT2D eigenvalue weighted by Crippen LogP contribution is 2.38. The number of aromatic amines is 1. The van der Waals surface area contributed by atoms with Gasteiger partial charge in [0.25, 0.3) is 0 Å². The Morgan fingerprint density at radius 1 is 0.689 bits per heavy atom. The minimum atomic E-state index is -0.699. The van der Waals surface area contributed by atoms with Crippen LogP contribution < -0.4 is 10.6 Å². The number of carbonyl (C=O) groups is 4. The van der Waals surface area contributed by atoms with Crippen LogP contribution in [0.2, 0.25) is 0 Å². The number of allylic oxidation sites excluding steroid dienone is 2. The predicted molar refractivity (Wildman–Crippen MR) is 237 cm³/mol. The number of rotatable bonds is 11. The number of methoxy groups -OCH3 is 2. The summed E-state index contributed by atoms with van der Waals surface area (Å²) in [6, 6.07) is 21.6. The fourth-order valence-electron chi connectivity index (χ4n) is 9.13. The molecule has 4 heterocycles. The molecule has 0 aliphatic carbocycles. The molecule has 7 rings (SSSR count). The highest BCUT2D eigenvalue weighted by Gasteiger charge is 2.42. The van der Waals surface area contributed by atoms with Gasteiger partial charge in [-0.25, -0.2) is 14.6 Å². The number of nitrogens with zero attached hydrogens (tertiary/aromatic N) is 4. The van der Waals surface area contributed by atoms with Crippen molar-refractivity contribution in [2.75, 3.05) is 27.3 Å². The molecular formula is C48H59N7O6. The summed E-state index contributed by atoms with van der Waals surface area (Å²) in [5.41, 5.74) is 10.3. The maximum absolute atomic E-state index is 13.8. The first-order valence-corrected chi connectivity index (χ1v) is 21.4. The summed E-state index contributed by atoms with van der Waals surface area (Å²) < 4.78 is 9.61. The zero-order chi connectivity index (χ0) is 43.7. The molecule has 4 aromatic rings. The van der Waals surface area contributed by atoms with E-state index >= 15 is 0 Å². The van der Waals surface area contributed by atoms with Gasteiger partial charge in [0.1, 0.15) is 17.9 Å². The first kappa shape index (κ1) is 43.1. The van der Waals surface area contributed by atoms with Gasteiger partial charge in [-0.05, 0) is 89.0 Å². The molecule has 2 saturated heterocycles. The van der Waals surface area contributed by atoms with E-state index < -0.39 is 24.3 Å².